The smallest absolute Gasteiger partial charge is 0.222 e. The normalized spacial score (nSPS) is 13.2. The van der Waals surface area contributed by atoms with Crippen LogP contribution in [0, 0.1) is 5.92 Å². The molecule has 0 unspecified atom stereocenters. The molecule has 1 aromatic carbocycles. The number of hydrogen-bond donors (Lipinski definition) is 1. The Morgan fingerprint density at radius 1 is 1.32 bits per heavy atom. The number of nitrogens with one attached hydrogen (secondary N) is 1. The highest BCUT2D eigenvalue weighted by Gasteiger charge is 2.11. The van der Waals surface area contributed by atoms with E-state index < -0.39 is 0 Å². The van der Waals surface area contributed by atoms with Crippen molar-refractivity contribution in [3.63, 3.8) is 0 Å². The first kappa shape index (κ1) is 15.2. The van der Waals surface area contributed by atoms with E-state index in [2.05, 4.69) is 5.32 Å². The van der Waals surface area contributed by atoms with Crippen molar-refractivity contribution in [3.8, 4) is 0 Å². The summed E-state index contributed by atoms with van der Waals surface area (Å²) in [5.74, 6) is 0.330. The Morgan fingerprint density at radius 3 is 2.47 bits per heavy atom. The minimum Gasteiger partial charge on any atom is -0.378 e. The number of ketones is 1. The Balaban J connectivity index is 2.66. The monoisotopic (exact) mass is 258 g/mol. The van der Waals surface area contributed by atoms with E-state index in [1.165, 1.54) is 6.08 Å². The summed E-state index contributed by atoms with van der Waals surface area (Å²) in [5.41, 5.74) is 1.32. The topological polar surface area (TPSA) is 46.2 Å². The van der Waals surface area contributed by atoms with Gasteiger partial charge in [-0.15, -0.1) is 0 Å². The molecule has 0 amide bonds. The van der Waals surface area contributed by atoms with Crippen LogP contribution >= 0.6 is 0 Å². The molecule has 0 fully saturated rings. The van der Waals surface area contributed by atoms with Crippen LogP contribution in [0.15, 0.2) is 42.1 Å². The molecule has 101 valence electrons. The molecule has 1 N–H and O–H groups in total. The van der Waals surface area contributed by atoms with Gasteiger partial charge in [0.2, 0.25) is 6.29 Å². The fourth-order valence-corrected chi connectivity index (χ4v) is 1.81. The standard InChI is InChI=1S/C16H20NO2/c1-12(2)9-15(11-18)17-13(3)10-16(19)14-7-5-4-6-8-14/h4-8,10,12,15,17H,9H2,1-3H3/t15-/m0/s1. The first-order valence-corrected chi connectivity index (χ1v) is 6.44. The van der Waals surface area contributed by atoms with Crippen molar-refractivity contribution in [2.75, 3.05) is 0 Å². The zero-order chi connectivity index (χ0) is 14.3. The molecule has 0 saturated heterocycles. The number of hydrogen-bond acceptors (Lipinski definition) is 3. The first-order valence-electron chi connectivity index (χ1n) is 6.44. The Hall–Kier alpha value is -1.90. The second kappa shape index (κ2) is 7.52. The molecular weight excluding hydrogens is 238 g/mol. The van der Waals surface area contributed by atoms with E-state index in [0.717, 1.165) is 0 Å². The molecule has 1 radical (unpaired) electrons. The maximum absolute atomic E-state index is 11.9. The highest BCUT2D eigenvalue weighted by atomic mass is 16.1. The third kappa shape index (κ3) is 5.51. The number of allylic oxidation sites excluding steroid dienone is 2. The zero-order valence-corrected chi connectivity index (χ0v) is 11.6. The van der Waals surface area contributed by atoms with Gasteiger partial charge in [0.1, 0.15) is 0 Å². The van der Waals surface area contributed by atoms with Gasteiger partial charge in [-0.3, -0.25) is 9.59 Å². The second-order valence-electron chi connectivity index (χ2n) is 5.00. The van der Waals surface area contributed by atoms with Crippen LogP contribution in [0.25, 0.3) is 0 Å². The molecule has 0 aromatic heterocycles. The van der Waals surface area contributed by atoms with Crippen LogP contribution in [-0.4, -0.2) is 18.1 Å². The third-order valence-electron chi connectivity index (χ3n) is 2.66. The first-order chi connectivity index (χ1) is 9.02. The molecular formula is C16H20NO2. The molecule has 19 heavy (non-hydrogen) atoms. The van der Waals surface area contributed by atoms with Gasteiger partial charge in [-0.2, -0.15) is 0 Å². The Bertz CT molecular complexity index is 449. The second-order valence-corrected chi connectivity index (χ2v) is 5.00. The number of carbonyl (C=O) groups excluding carboxylic acids is 2. The molecule has 0 aliphatic rings. The summed E-state index contributed by atoms with van der Waals surface area (Å²) in [6.45, 7) is 5.87. The van der Waals surface area contributed by atoms with Crippen molar-refractivity contribution < 1.29 is 9.59 Å². The fourth-order valence-electron chi connectivity index (χ4n) is 1.81. The summed E-state index contributed by atoms with van der Waals surface area (Å²) >= 11 is 0. The number of carbonyl (C=O) groups is 1. The molecule has 1 rings (SSSR count). The molecule has 0 saturated carbocycles. The average Bonchev–Trinajstić information content (AvgIpc) is 2.38. The molecule has 3 heteroatoms. The molecule has 1 aromatic rings. The Labute approximate surface area is 114 Å². The van der Waals surface area contributed by atoms with Crippen molar-refractivity contribution in [3.05, 3.63) is 47.7 Å². The molecule has 1 atom stereocenters. The van der Waals surface area contributed by atoms with Crippen LogP contribution < -0.4 is 5.32 Å². The molecule has 0 aliphatic carbocycles. The van der Waals surface area contributed by atoms with Crippen LogP contribution in [0.1, 0.15) is 37.6 Å². The van der Waals surface area contributed by atoms with Crippen LogP contribution in [0.3, 0.4) is 0 Å². The lowest BCUT2D eigenvalue weighted by atomic mass is 10.0. The van der Waals surface area contributed by atoms with E-state index in [1.807, 2.05) is 38.3 Å². The van der Waals surface area contributed by atoms with Gasteiger partial charge in [0.25, 0.3) is 0 Å². The molecule has 0 heterocycles. The quantitative estimate of drug-likeness (QED) is 0.604. The van der Waals surface area contributed by atoms with E-state index in [-0.39, 0.29) is 11.8 Å². The van der Waals surface area contributed by atoms with E-state index in [1.54, 1.807) is 19.1 Å². The summed E-state index contributed by atoms with van der Waals surface area (Å²) in [5, 5.41) is 3.02. The van der Waals surface area contributed by atoms with Crippen LogP contribution in [-0.2, 0) is 4.79 Å². The van der Waals surface area contributed by atoms with Gasteiger partial charge >= 0.3 is 0 Å². The van der Waals surface area contributed by atoms with E-state index >= 15 is 0 Å². The molecule has 3 nitrogen and oxygen atoms in total. The number of benzene rings is 1. The van der Waals surface area contributed by atoms with Gasteiger partial charge < -0.3 is 5.32 Å². The third-order valence-corrected chi connectivity index (χ3v) is 2.66. The fraction of sp³-hybridized carbons (Fsp3) is 0.375. The van der Waals surface area contributed by atoms with Crippen molar-refractivity contribution in [2.45, 2.75) is 33.2 Å². The lowest BCUT2D eigenvalue weighted by Crippen LogP contribution is -2.30. The van der Waals surface area contributed by atoms with E-state index in [0.29, 0.717) is 23.6 Å². The minimum atomic E-state index is -0.361. The Morgan fingerprint density at radius 2 is 1.95 bits per heavy atom. The summed E-state index contributed by atoms with van der Waals surface area (Å²) in [4.78, 5) is 22.8. The lowest BCUT2D eigenvalue weighted by Gasteiger charge is -2.15. The van der Waals surface area contributed by atoms with Gasteiger partial charge in [-0.05, 0) is 19.3 Å². The maximum Gasteiger partial charge on any atom is 0.222 e. The zero-order valence-electron chi connectivity index (χ0n) is 11.6. The van der Waals surface area contributed by atoms with Crippen LogP contribution in [0.2, 0.25) is 0 Å². The molecule has 0 spiro atoms. The highest BCUT2D eigenvalue weighted by molar-refractivity contribution is 6.04. The predicted octanol–water partition coefficient (Wildman–Crippen LogP) is 2.89. The van der Waals surface area contributed by atoms with Crippen LogP contribution in [0.4, 0.5) is 0 Å². The van der Waals surface area contributed by atoms with Gasteiger partial charge in [0.15, 0.2) is 5.78 Å². The minimum absolute atomic E-state index is 0.0696. The van der Waals surface area contributed by atoms with Crippen molar-refractivity contribution in [2.24, 2.45) is 5.92 Å². The van der Waals surface area contributed by atoms with Crippen molar-refractivity contribution in [1.29, 1.82) is 0 Å². The SMILES string of the molecule is CC(=CC(=O)c1ccccc1)N[C@H]([C]=O)CC(C)C. The highest BCUT2D eigenvalue weighted by Crippen LogP contribution is 2.06. The largest absolute Gasteiger partial charge is 0.378 e. The van der Waals surface area contributed by atoms with Crippen molar-refractivity contribution in [1.82, 2.24) is 5.32 Å². The van der Waals surface area contributed by atoms with Gasteiger partial charge in [0.05, 0.1) is 6.04 Å². The van der Waals surface area contributed by atoms with Crippen LogP contribution in [0.5, 0.6) is 0 Å². The lowest BCUT2D eigenvalue weighted by molar-refractivity contribution is 0.104. The summed E-state index contributed by atoms with van der Waals surface area (Å²) in [7, 11) is 0. The maximum atomic E-state index is 11.9. The molecule has 0 aliphatic heterocycles. The summed E-state index contributed by atoms with van der Waals surface area (Å²) < 4.78 is 0. The van der Waals surface area contributed by atoms with Crippen molar-refractivity contribution >= 4 is 12.1 Å². The predicted molar refractivity (Wildman–Crippen MR) is 76.6 cm³/mol. The Kier molecular flexibility index (Phi) is 6.00. The summed E-state index contributed by atoms with van der Waals surface area (Å²) in [6.07, 6.45) is 4.18. The van der Waals surface area contributed by atoms with E-state index in [4.69, 9.17) is 0 Å². The summed E-state index contributed by atoms with van der Waals surface area (Å²) in [6, 6.07) is 8.69. The average molecular weight is 258 g/mol. The van der Waals surface area contributed by atoms with E-state index in [9.17, 15) is 9.59 Å². The van der Waals surface area contributed by atoms with Gasteiger partial charge in [-0.25, -0.2) is 0 Å². The van der Waals surface area contributed by atoms with Gasteiger partial charge in [-0.1, -0.05) is 44.2 Å². The van der Waals surface area contributed by atoms with Gasteiger partial charge in [0, 0.05) is 17.3 Å². The molecule has 0 bridgehead atoms. The number of rotatable bonds is 7.